The molecule has 21 heavy (non-hydrogen) atoms. The average Bonchev–Trinajstić information content (AvgIpc) is 2.48. The van der Waals surface area contributed by atoms with Crippen LogP contribution in [0.4, 0.5) is 0 Å². The molecular formula is C16H28N2O3. The van der Waals surface area contributed by atoms with E-state index in [9.17, 15) is 14.7 Å². The van der Waals surface area contributed by atoms with Crippen LogP contribution < -0.4 is 0 Å². The number of aliphatic hydroxyl groups excluding tert-OH is 1. The number of likely N-dealkylation sites (tertiary alicyclic amines) is 2. The first kappa shape index (κ1) is 16.3. The number of piperidine rings is 2. The highest BCUT2D eigenvalue weighted by atomic mass is 16.3. The summed E-state index contributed by atoms with van der Waals surface area (Å²) in [5, 5.41) is 9.75. The molecule has 0 aromatic rings. The zero-order valence-corrected chi connectivity index (χ0v) is 13.4. The molecule has 5 nitrogen and oxygen atoms in total. The Bertz CT molecular complexity index is 389. The zero-order chi connectivity index (χ0) is 15.6. The monoisotopic (exact) mass is 296 g/mol. The van der Waals surface area contributed by atoms with Gasteiger partial charge in [-0.05, 0) is 25.2 Å². The molecule has 2 aliphatic heterocycles. The molecule has 120 valence electrons. The largest absolute Gasteiger partial charge is 0.393 e. The predicted octanol–water partition coefficient (Wildman–Crippen LogP) is 1.11. The lowest BCUT2D eigenvalue weighted by Gasteiger charge is -2.39. The molecule has 0 aromatic heterocycles. The molecule has 0 bridgehead atoms. The second kappa shape index (κ2) is 6.77. The molecule has 0 radical (unpaired) electrons. The van der Waals surface area contributed by atoms with Crippen molar-refractivity contribution in [2.75, 3.05) is 26.2 Å². The van der Waals surface area contributed by atoms with Crippen LogP contribution in [-0.2, 0) is 9.59 Å². The first-order valence-electron chi connectivity index (χ1n) is 8.15. The molecule has 0 aliphatic carbocycles. The number of amides is 2. The fraction of sp³-hybridized carbons (Fsp3) is 0.875. The van der Waals surface area contributed by atoms with E-state index in [0.717, 1.165) is 12.8 Å². The van der Waals surface area contributed by atoms with Crippen LogP contribution in [0.1, 0.15) is 40.0 Å². The minimum atomic E-state index is -0.278. The van der Waals surface area contributed by atoms with Crippen LogP contribution in [0.5, 0.6) is 0 Å². The summed E-state index contributed by atoms with van der Waals surface area (Å²) in [6.07, 6.45) is 1.94. The Kier molecular flexibility index (Phi) is 5.25. The van der Waals surface area contributed by atoms with Gasteiger partial charge in [-0.1, -0.05) is 20.8 Å². The topological polar surface area (TPSA) is 60.9 Å². The molecule has 2 rings (SSSR count). The maximum atomic E-state index is 12.6. The van der Waals surface area contributed by atoms with Crippen LogP contribution in [0.25, 0.3) is 0 Å². The van der Waals surface area contributed by atoms with Crippen LogP contribution in [0, 0.1) is 17.8 Å². The van der Waals surface area contributed by atoms with Crippen LogP contribution >= 0.6 is 0 Å². The molecule has 2 amide bonds. The smallest absolute Gasteiger partial charge is 0.225 e. The molecule has 0 saturated carbocycles. The van der Waals surface area contributed by atoms with Gasteiger partial charge in [-0.2, -0.15) is 0 Å². The fourth-order valence-electron chi connectivity index (χ4n) is 3.30. The number of rotatable bonds is 2. The van der Waals surface area contributed by atoms with E-state index in [1.165, 1.54) is 0 Å². The van der Waals surface area contributed by atoms with Crippen LogP contribution in [0.15, 0.2) is 0 Å². The van der Waals surface area contributed by atoms with Crippen molar-refractivity contribution in [1.29, 1.82) is 0 Å². The third-order valence-corrected chi connectivity index (χ3v) is 4.82. The average molecular weight is 296 g/mol. The Morgan fingerprint density at radius 3 is 2.14 bits per heavy atom. The first-order chi connectivity index (χ1) is 9.90. The minimum Gasteiger partial charge on any atom is -0.393 e. The van der Waals surface area contributed by atoms with Gasteiger partial charge in [0.15, 0.2) is 0 Å². The zero-order valence-electron chi connectivity index (χ0n) is 13.4. The van der Waals surface area contributed by atoms with Gasteiger partial charge in [0.1, 0.15) is 0 Å². The SMILES string of the molecule is CC(C)C(=O)N1CCC(C(=O)N2CCC(O)C(C)C2)CC1. The molecular weight excluding hydrogens is 268 g/mol. The maximum Gasteiger partial charge on any atom is 0.225 e. The van der Waals surface area contributed by atoms with E-state index in [4.69, 9.17) is 0 Å². The Labute approximate surface area is 127 Å². The van der Waals surface area contributed by atoms with E-state index in [-0.39, 0.29) is 35.7 Å². The van der Waals surface area contributed by atoms with Gasteiger partial charge in [-0.25, -0.2) is 0 Å². The molecule has 2 saturated heterocycles. The summed E-state index contributed by atoms with van der Waals surface area (Å²) in [4.78, 5) is 28.3. The lowest BCUT2D eigenvalue weighted by Crippen LogP contribution is -2.49. The molecule has 5 heteroatoms. The molecule has 2 aliphatic rings. The second-order valence-electron chi connectivity index (χ2n) is 6.87. The van der Waals surface area contributed by atoms with Crippen molar-refractivity contribution in [1.82, 2.24) is 9.80 Å². The molecule has 2 atom stereocenters. The van der Waals surface area contributed by atoms with Crippen molar-refractivity contribution in [2.45, 2.75) is 46.1 Å². The van der Waals surface area contributed by atoms with Crippen LogP contribution in [0.3, 0.4) is 0 Å². The number of hydrogen-bond acceptors (Lipinski definition) is 3. The lowest BCUT2D eigenvalue weighted by molar-refractivity contribution is -0.144. The Morgan fingerprint density at radius 2 is 1.62 bits per heavy atom. The summed E-state index contributed by atoms with van der Waals surface area (Å²) in [5.41, 5.74) is 0. The number of nitrogens with zero attached hydrogens (tertiary/aromatic N) is 2. The van der Waals surface area contributed by atoms with E-state index >= 15 is 0 Å². The highest BCUT2D eigenvalue weighted by Gasteiger charge is 2.33. The number of aliphatic hydroxyl groups is 1. The van der Waals surface area contributed by atoms with Crippen molar-refractivity contribution < 1.29 is 14.7 Å². The van der Waals surface area contributed by atoms with Crippen molar-refractivity contribution in [3.63, 3.8) is 0 Å². The number of carbonyl (C=O) groups excluding carboxylic acids is 2. The van der Waals surface area contributed by atoms with Gasteiger partial charge in [0.25, 0.3) is 0 Å². The fourth-order valence-corrected chi connectivity index (χ4v) is 3.30. The second-order valence-corrected chi connectivity index (χ2v) is 6.87. The standard InChI is InChI=1S/C16H28N2O3/c1-11(2)15(20)17-7-4-13(5-8-17)16(21)18-9-6-14(19)12(3)10-18/h11-14,19H,4-10H2,1-3H3. The third kappa shape index (κ3) is 3.76. The summed E-state index contributed by atoms with van der Waals surface area (Å²) >= 11 is 0. The Morgan fingerprint density at radius 1 is 1.05 bits per heavy atom. The van der Waals surface area contributed by atoms with E-state index in [0.29, 0.717) is 32.6 Å². The summed E-state index contributed by atoms with van der Waals surface area (Å²) < 4.78 is 0. The van der Waals surface area contributed by atoms with Crippen molar-refractivity contribution >= 4 is 11.8 Å². The summed E-state index contributed by atoms with van der Waals surface area (Å²) in [6, 6.07) is 0. The van der Waals surface area contributed by atoms with Crippen molar-refractivity contribution in [2.24, 2.45) is 17.8 Å². The predicted molar refractivity (Wildman–Crippen MR) is 80.5 cm³/mol. The van der Waals surface area contributed by atoms with Crippen molar-refractivity contribution in [3.8, 4) is 0 Å². The van der Waals surface area contributed by atoms with E-state index in [1.807, 2.05) is 30.6 Å². The van der Waals surface area contributed by atoms with Crippen LogP contribution in [-0.4, -0.2) is 59.0 Å². The Balaban J connectivity index is 1.85. The molecule has 2 fully saturated rings. The van der Waals surface area contributed by atoms with Gasteiger partial charge in [0.05, 0.1) is 6.10 Å². The van der Waals surface area contributed by atoms with E-state index < -0.39 is 0 Å². The van der Waals surface area contributed by atoms with Gasteiger partial charge in [0.2, 0.25) is 11.8 Å². The normalized spacial score (nSPS) is 28.0. The molecule has 2 heterocycles. The Hall–Kier alpha value is -1.10. The van der Waals surface area contributed by atoms with E-state index in [1.54, 1.807) is 0 Å². The molecule has 1 N–H and O–H groups in total. The minimum absolute atomic E-state index is 0.0293. The summed E-state index contributed by atoms with van der Waals surface area (Å²) in [7, 11) is 0. The quantitative estimate of drug-likeness (QED) is 0.830. The van der Waals surface area contributed by atoms with Gasteiger partial charge in [-0.3, -0.25) is 9.59 Å². The number of carbonyl (C=O) groups is 2. The summed E-state index contributed by atoms with van der Waals surface area (Å²) in [6.45, 7) is 8.54. The van der Waals surface area contributed by atoms with Gasteiger partial charge >= 0.3 is 0 Å². The van der Waals surface area contributed by atoms with Crippen molar-refractivity contribution in [3.05, 3.63) is 0 Å². The molecule has 0 aromatic carbocycles. The molecule has 2 unspecified atom stereocenters. The highest BCUT2D eigenvalue weighted by molar-refractivity contribution is 5.81. The van der Waals surface area contributed by atoms with Crippen LogP contribution in [0.2, 0.25) is 0 Å². The lowest BCUT2D eigenvalue weighted by atomic mass is 9.91. The third-order valence-electron chi connectivity index (χ3n) is 4.82. The molecule has 0 spiro atoms. The highest BCUT2D eigenvalue weighted by Crippen LogP contribution is 2.24. The van der Waals surface area contributed by atoms with Gasteiger partial charge < -0.3 is 14.9 Å². The number of hydrogen-bond donors (Lipinski definition) is 1. The van der Waals surface area contributed by atoms with E-state index in [2.05, 4.69) is 0 Å². The first-order valence-corrected chi connectivity index (χ1v) is 8.15. The van der Waals surface area contributed by atoms with Gasteiger partial charge in [-0.15, -0.1) is 0 Å². The van der Waals surface area contributed by atoms with Gasteiger partial charge in [0, 0.05) is 38.0 Å². The maximum absolute atomic E-state index is 12.6. The summed E-state index contributed by atoms with van der Waals surface area (Å²) in [5.74, 6) is 0.636.